The van der Waals surface area contributed by atoms with Crippen molar-refractivity contribution < 1.29 is 22.8 Å². The fraction of sp³-hybridized carbons (Fsp3) is 0.176. The van der Waals surface area contributed by atoms with Crippen LogP contribution in [0.2, 0.25) is 0 Å². The van der Waals surface area contributed by atoms with Crippen LogP contribution in [-0.4, -0.2) is 24.1 Å². The van der Waals surface area contributed by atoms with Gasteiger partial charge in [0.2, 0.25) is 11.8 Å². The van der Waals surface area contributed by atoms with Gasteiger partial charge >= 0.3 is 0 Å². The molecule has 0 bridgehead atoms. The second kappa shape index (κ2) is 9.12. The topological polar surface area (TPSA) is 58.2 Å². The Bertz CT molecular complexity index is 757. The van der Waals surface area contributed by atoms with Gasteiger partial charge in [0, 0.05) is 17.1 Å². The number of carbonyl (C=O) groups is 2. The van der Waals surface area contributed by atoms with E-state index in [9.17, 15) is 22.8 Å². The summed E-state index contributed by atoms with van der Waals surface area (Å²) in [6.45, 7) is -0.396. The molecule has 0 saturated carbocycles. The summed E-state index contributed by atoms with van der Waals surface area (Å²) in [5.74, 6) is -5.05. The average Bonchev–Trinajstić information content (AvgIpc) is 2.61. The smallest absolute Gasteiger partial charge is 0.243 e. The Morgan fingerprint density at radius 2 is 1.64 bits per heavy atom. The maximum Gasteiger partial charge on any atom is 0.243 e. The molecular formula is C17H15F3N2O2S. The molecule has 0 aliphatic carbocycles. The van der Waals surface area contributed by atoms with Crippen LogP contribution in [-0.2, 0) is 9.59 Å². The van der Waals surface area contributed by atoms with Crippen molar-refractivity contribution in [2.75, 3.05) is 17.6 Å². The fourth-order valence-corrected chi connectivity index (χ4v) is 2.74. The largest absolute Gasteiger partial charge is 0.347 e. The van der Waals surface area contributed by atoms with E-state index in [1.807, 2.05) is 30.3 Å². The van der Waals surface area contributed by atoms with Gasteiger partial charge in [0.25, 0.3) is 0 Å². The molecule has 0 aliphatic heterocycles. The van der Waals surface area contributed by atoms with Crippen LogP contribution in [0.5, 0.6) is 0 Å². The van der Waals surface area contributed by atoms with Crippen molar-refractivity contribution in [2.24, 2.45) is 0 Å². The minimum Gasteiger partial charge on any atom is -0.347 e. The van der Waals surface area contributed by atoms with Crippen molar-refractivity contribution in [1.82, 2.24) is 5.32 Å². The standard InChI is InChI=1S/C17H15F3N2O2S/c18-12-6-7-13(17(20)16(12)19)22-15(24)10-21-14(23)8-9-25-11-4-2-1-3-5-11/h1-7H,8-10H2,(H,21,23)(H,22,24). The van der Waals surface area contributed by atoms with E-state index in [1.165, 1.54) is 11.8 Å². The van der Waals surface area contributed by atoms with Crippen LogP contribution in [0, 0.1) is 17.5 Å². The first kappa shape index (κ1) is 18.9. The highest BCUT2D eigenvalue weighted by Crippen LogP contribution is 2.19. The predicted molar refractivity (Wildman–Crippen MR) is 89.7 cm³/mol. The van der Waals surface area contributed by atoms with Crippen LogP contribution >= 0.6 is 11.8 Å². The third-order valence-corrected chi connectivity index (χ3v) is 4.11. The number of nitrogens with one attached hydrogen (secondary N) is 2. The molecule has 0 aliphatic rings. The highest BCUT2D eigenvalue weighted by Gasteiger charge is 2.15. The van der Waals surface area contributed by atoms with Gasteiger partial charge in [-0.05, 0) is 24.3 Å². The van der Waals surface area contributed by atoms with Gasteiger partial charge in [-0.1, -0.05) is 18.2 Å². The molecule has 0 fully saturated rings. The van der Waals surface area contributed by atoms with Crippen LogP contribution in [0.1, 0.15) is 6.42 Å². The van der Waals surface area contributed by atoms with Crippen molar-refractivity contribution in [1.29, 1.82) is 0 Å². The van der Waals surface area contributed by atoms with Gasteiger partial charge in [-0.25, -0.2) is 13.2 Å². The molecule has 0 radical (unpaired) electrons. The summed E-state index contributed by atoms with van der Waals surface area (Å²) in [6.07, 6.45) is 0.201. The van der Waals surface area contributed by atoms with Gasteiger partial charge < -0.3 is 10.6 Å². The molecule has 0 aromatic heterocycles. The zero-order valence-corrected chi connectivity index (χ0v) is 13.8. The third kappa shape index (κ3) is 5.82. The summed E-state index contributed by atoms with van der Waals surface area (Å²) < 4.78 is 39.3. The molecular weight excluding hydrogens is 353 g/mol. The molecule has 25 heavy (non-hydrogen) atoms. The number of amides is 2. The molecule has 0 spiro atoms. The lowest BCUT2D eigenvalue weighted by Gasteiger charge is -2.08. The molecule has 2 rings (SSSR count). The number of hydrogen-bond donors (Lipinski definition) is 2. The Balaban J connectivity index is 1.72. The lowest BCUT2D eigenvalue weighted by molar-refractivity contribution is -0.123. The molecule has 2 amide bonds. The zero-order valence-electron chi connectivity index (χ0n) is 13.0. The van der Waals surface area contributed by atoms with Crippen LogP contribution in [0.4, 0.5) is 18.9 Å². The maximum atomic E-state index is 13.4. The zero-order chi connectivity index (χ0) is 18.2. The molecule has 0 saturated heterocycles. The van der Waals surface area contributed by atoms with E-state index >= 15 is 0 Å². The lowest BCUT2D eigenvalue weighted by atomic mass is 10.2. The van der Waals surface area contributed by atoms with E-state index in [1.54, 1.807) is 0 Å². The monoisotopic (exact) mass is 368 g/mol. The van der Waals surface area contributed by atoms with E-state index in [0.717, 1.165) is 11.0 Å². The number of thioether (sulfide) groups is 1. The minimum absolute atomic E-state index is 0.201. The van der Waals surface area contributed by atoms with Crippen LogP contribution in [0.15, 0.2) is 47.4 Å². The van der Waals surface area contributed by atoms with Gasteiger partial charge in [0.05, 0.1) is 12.2 Å². The summed E-state index contributed by atoms with van der Waals surface area (Å²) in [5.41, 5.74) is -0.488. The number of anilines is 1. The molecule has 2 N–H and O–H groups in total. The molecule has 2 aromatic carbocycles. The Morgan fingerprint density at radius 1 is 0.920 bits per heavy atom. The first-order chi connectivity index (χ1) is 12.0. The molecule has 0 unspecified atom stereocenters. The normalized spacial score (nSPS) is 10.4. The van der Waals surface area contributed by atoms with Crippen LogP contribution in [0.25, 0.3) is 0 Å². The number of benzene rings is 2. The number of halogens is 3. The highest BCUT2D eigenvalue weighted by atomic mass is 32.2. The first-order valence-electron chi connectivity index (χ1n) is 7.35. The maximum absolute atomic E-state index is 13.4. The summed E-state index contributed by atoms with van der Waals surface area (Å²) in [4.78, 5) is 24.3. The van der Waals surface area contributed by atoms with Crippen LogP contribution in [0.3, 0.4) is 0 Å². The van der Waals surface area contributed by atoms with Crippen molar-refractivity contribution in [3.63, 3.8) is 0 Å². The molecule has 8 heteroatoms. The van der Waals surface area contributed by atoms with Crippen molar-refractivity contribution in [3.8, 4) is 0 Å². The van der Waals surface area contributed by atoms with Crippen molar-refractivity contribution in [2.45, 2.75) is 11.3 Å². The summed E-state index contributed by atoms with van der Waals surface area (Å²) in [5, 5.41) is 4.45. The molecule has 4 nitrogen and oxygen atoms in total. The lowest BCUT2D eigenvalue weighted by Crippen LogP contribution is -2.33. The SMILES string of the molecule is O=C(CCSc1ccccc1)NCC(=O)Nc1ccc(F)c(F)c1F. The average molecular weight is 368 g/mol. The van der Waals surface area contributed by atoms with Gasteiger partial charge in [-0.3, -0.25) is 9.59 Å². The second-order valence-electron chi connectivity index (χ2n) is 4.96. The predicted octanol–water partition coefficient (Wildman–Crippen LogP) is 3.34. The Labute approximate surface area is 146 Å². The van der Waals surface area contributed by atoms with E-state index in [2.05, 4.69) is 10.6 Å². The Morgan fingerprint density at radius 3 is 2.36 bits per heavy atom. The minimum atomic E-state index is -1.67. The first-order valence-corrected chi connectivity index (χ1v) is 8.34. The van der Waals surface area contributed by atoms with E-state index in [4.69, 9.17) is 0 Å². The number of carbonyl (C=O) groups excluding carboxylic acids is 2. The molecule has 2 aromatic rings. The number of hydrogen-bond acceptors (Lipinski definition) is 3. The Hall–Kier alpha value is -2.48. The molecule has 0 atom stereocenters. The summed E-state index contributed by atoms with van der Waals surface area (Å²) in [6, 6.07) is 11.1. The van der Waals surface area contributed by atoms with Crippen molar-refractivity contribution >= 4 is 29.3 Å². The van der Waals surface area contributed by atoms with E-state index in [-0.39, 0.29) is 12.3 Å². The molecule has 132 valence electrons. The van der Waals surface area contributed by atoms with E-state index in [0.29, 0.717) is 11.8 Å². The van der Waals surface area contributed by atoms with Crippen LogP contribution < -0.4 is 10.6 Å². The summed E-state index contributed by atoms with van der Waals surface area (Å²) in [7, 11) is 0. The Kier molecular flexibility index (Phi) is 6.88. The second-order valence-corrected chi connectivity index (χ2v) is 6.13. The van der Waals surface area contributed by atoms with Gasteiger partial charge in [-0.15, -0.1) is 11.8 Å². The highest BCUT2D eigenvalue weighted by molar-refractivity contribution is 7.99. The van der Waals surface area contributed by atoms with E-state index < -0.39 is 35.6 Å². The molecule has 0 heterocycles. The quantitative estimate of drug-likeness (QED) is 0.582. The van der Waals surface area contributed by atoms with Gasteiger partial charge in [-0.2, -0.15) is 0 Å². The van der Waals surface area contributed by atoms with Gasteiger partial charge in [0.1, 0.15) is 0 Å². The van der Waals surface area contributed by atoms with Crippen molar-refractivity contribution in [3.05, 3.63) is 59.9 Å². The summed E-state index contributed by atoms with van der Waals surface area (Å²) >= 11 is 1.50. The third-order valence-electron chi connectivity index (χ3n) is 3.10. The fourth-order valence-electron chi connectivity index (χ4n) is 1.86. The van der Waals surface area contributed by atoms with Gasteiger partial charge in [0.15, 0.2) is 17.5 Å². The number of rotatable bonds is 7.